The Kier molecular flexibility index (Phi) is 7.26. The molecule has 0 saturated heterocycles. The number of fused-ring (bicyclic) bond motifs is 2. The minimum Gasteiger partial charge on any atom is -0.496 e. The maximum Gasteiger partial charge on any atom is 0.282 e. The second-order valence-corrected chi connectivity index (χ2v) is 10.0. The summed E-state index contributed by atoms with van der Waals surface area (Å²) in [4.78, 5) is 18.5. The van der Waals surface area contributed by atoms with Crippen LogP contribution in [0.4, 0.5) is 0 Å². The Hall–Kier alpha value is -4.89. The summed E-state index contributed by atoms with van der Waals surface area (Å²) in [5.41, 5.74) is 2.41. The van der Waals surface area contributed by atoms with Gasteiger partial charge in [0, 0.05) is 10.0 Å². The zero-order valence-electron chi connectivity index (χ0n) is 22.2. The first-order valence-electron chi connectivity index (χ1n) is 12.7. The third-order valence-corrected chi connectivity index (χ3v) is 7.08. The van der Waals surface area contributed by atoms with E-state index in [0.717, 1.165) is 15.4 Å². The number of rotatable bonds is 8. The highest BCUT2D eigenvalue weighted by atomic mass is 79.9. The van der Waals surface area contributed by atoms with Gasteiger partial charge in [0.1, 0.15) is 17.9 Å². The third-order valence-electron chi connectivity index (χ3n) is 6.55. The van der Waals surface area contributed by atoms with Crippen LogP contribution in [0.15, 0.2) is 110 Å². The molecule has 0 aliphatic rings. The summed E-state index contributed by atoms with van der Waals surface area (Å²) in [5, 5.41) is 5.79. The van der Waals surface area contributed by atoms with Gasteiger partial charge in [-0.25, -0.2) is 4.98 Å². The van der Waals surface area contributed by atoms with Crippen molar-refractivity contribution in [2.75, 3.05) is 14.2 Å². The monoisotopic (exact) mass is 609 g/mol. The summed E-state index contributed by atoms with van der Waals surface area (Å²) in [6, 6.07) is 27.8. The lowest BCUT2D eigenvalue weighted by molar-refractivity contribution is 0.284. The van der Waals surface area contributed by atoms with Crippen LogP contribution in [0.3, 0.4) is 0 Å². The predicted molar refractivity (Wildman–Crippen MR) is 162 cm³/mol. The normalized spacial score (nSPS) is 11.4. The first kappa shape index (κ1) is 26.3. The molecule has 0 radical (unpaired) electrons. The summed E-state index contributed by atoms with van der Waals surface area (Å²) < 4.78 is 25.6. The third kappa shape index (κ3) is 5.19. The Morgan fingerprint density at radius 2 is 1.66 bits per heavy atom. The molecule has 2 aromatic heterocycles. The maximum atomic E-state index is 13.7. The van der Waals surface area contributed by atoms with Crippen molar-refractivity contribution in [2.45, 2.75) is 6.61 Å². The molecule has 0 unspecified atom stereocenters. The van der Waals surface area contributed by atoms with Gasteiger partial charge >= 0.3 is 0 Å². The van der Waals surface area contributed by atoms with Crippen LogP contribution in [0.1, 0.15) is 11.1 Å². The molecule has 204 valence electrons. The Balaban J connectivity index is 1.46. The Bertz CT molecular complexity index is 1960. The van der Waals surface area contributed by atoms with Gasteiger partial charge in [0.05, 0.1) is 36.7 Å². The van der Waals surface area contributed by atoms with Crippen molar-refractivity contribution < 1.29 is 18.6 Å². The summed E-state index contributed by atoms with van der Waals surface area (Å²) in [5.74, 6) is 2.32. The number of furan rings is 1. The van der Waals surface area contributed by atoms with Crippen LogP contribution in [-0.2, 0) is 6.61 Å². The van der Waals surface area contributed by atoms with E-state index in [1.807, 2.05) is 66.7 Å². The minimum atomic E-state index is -0.338. The molecule has 4 aromatic carbocycles. The van der Waals surface area contributed by atoms with Gasteiger partial charge in [-0.3, -0.25) is 4.79 Å². The summed E-state index contributed by atoms with van der Waals surface area (Å²) in [6.07, 6.45) is 1.56. The summed E-state index contributed by atoms with van der Waals surface area (Å²) >= 11 is 3.45. The second kappa shape index (κ2) is 11.3. The summed E-state index contributed by atoms with van der Waals surface area (Å²) in [7, 11) is 3.18. The lowest BCUT2D eigenvalue weighted by atomic mass is 10.2. The molecule has 0 atom stereocenters. The van der Waals surface area contributed by atoms with E-state index < -0.39 is 0 Å². The fourth-order valence-electron chi connectivity index (χ4n) is 4.52. The first-order chi connectivity index (χ1) is 20.1. The Labute approximate surface area is 243 Å². The van der Waals surface area contributed by atoms with E-state index in [1.165, 1.54) is 4.68 Å². The van der Waals surface area contributed by atoms with Crippen molar-refractivity contribution in [3.8, 4) is 28.8 Å². The molecule has 0 N–H and O–H groups in total. The molecular formula is C32H24BrN3O5. The average molecular weight is 610 g/mol. The van der Waals surface area contributed by atoms with Crippen LogP contribution < -0.4 is 19.8 Å². The van der Waals surface area contributed by atoms with Gasteiger partial charge < -0.3 is 18.6 Å². The molecule has 2 heterocycles. The molecule has 0 aliphatic heterocycles. The molecule has 0 fully saturated rings. The van der Waals surface area contributed by atoms with Crippen LogP contribution in [0.5, 0.6) is 17.2 Å². The van der Waals surface area contributed by atoms with Gasteiger partial charge in [0.25, 0.3) is 5.56 Å². The van der Waals surface area contributed by atoms with Crippen LogP contribution in [0.25, 0.3) is 33.5 Å². The molecule has 6 aromatic rings. The van der Waals surface area contributed by atoms with E-state index in [-0.39, 0.29) is 11.4 Å². The molecular weight excluding hydrogens is 586 g/mol. The number of hydrogen-bond donors (Lipinski definition) is 0. The molecule has 0 amide bonds. The highest BCUT2D eigenvalue weighted by Gasteiger charge is 2.18. The first-order valence-corrected chi connectivity index (χ1v) is 13.5. The number of nitrogens with zero attached hydrogens (tertiary/aromatic N) is 3. The van der Waals surface area contributed by atoms with Crippen LogP contribution in [0.2, 0.25) is 0 Å². The van der Waals surface area contributed by atoms with Gasteiger partial charge in [-0.05, 0) is 60.2 Å². The van der Waals surface area contributed by atoms with Crippen LogP contribution in [-0.4, -0.2) is 30.1 Å². The minimum absolute atomic E-state index is 0.253. The largest absolute Gasteiger partial charge is 0.496 e. The molecule has 6 rings (SSSR count). The van der Waals surface area contributed by atoms with Gasteiger partial charge in [0.15, 0.2) is 17.3 Å². The van der Waals surface area contributed by atoms with Crippen molar-refractivity contribution in [3.63, 3.8) is 0 Å². The fourth-order valence-corrected chi connectivity index (χ4v) is 4.78. The molecule has 8 nitrogen and oxygen atoms in total. The van der Waals surface area contributed by atoms with Crippen LogP contribution >= 0.6 is 15.9 Å². The number of hydrogen-bond acceptors (Lipinski definition) is 7. The molecule has 9 heteroatoms. The molecule has 0 aliphatic carbocycles. The summed E-state index contributed by atoms with van der Waals surface area (Å²) in [6.45, 7) is 0.317. The highest BCUT2D eigenvalue weighted by molar-refractivity contribution is 9.10. The van der Waals surface area contributed by atoms with Crippen LogP contribution in [0, 0.1) is 0 Å². The van der Waals surface area contributed by atoms with Gasteiger partial charge in [-0.2, -0.15) is 9.78 Å². The van der Waals surface area contributed by atoms with E-state index in [4.69, 9.17) is 23.6 Å². The number of aromatic nitrogens is 2. The van der Waals surface area contributed by atoms with E-state index in [2.05, 4.69) is 21.0 Å². The number of methoxy groups -OCH3 is 2. The van der Waals surface area contributed by atoms with E-state index >= 15 is 0 Å². The van der Waals surface area contributed by atoms with E-state index in [1.54, 1.807) is 44.7 Å². The molecule has 0 bridgehead atoms. The van der Waals surface area contributed by atoms with Gasteiger partial charge in [-0.15, -0.1) is 0 Å². The van der Waals surface area contributed by atoms with Crippen molar-refractivity contribution in [1.29, 1.82) is 0 Å². The predicted octanol–water partition coefficient (Wildman–Crippen LogP) is 7.05. The SMILES string of the molecule is COc1cccc(C=Nn2c(-c3cc4c(OC)cccc4o3)nc3ccccc3c2=O)c1OCc1ccc(Br)cc1. The van der Waals surface area contributed by atoms with E-state index in [0.29, 0.717) is 51.7 Å². The van der Waals surface area contributed by atoms with E-state index in [9.17, 15) is 4.79 Å². The quantitative estimate of drug-likeness (QED) is 0.172. The Morgan fingerprint density at radius 3 is 2.46 bits per heavy atom. The molecule has 0 spiro atoms. The van der Waals surface area contributed by atoms with Crippen molar-refractivity contribution in [1.82, 2.24) is 9.66 Å². The number of benzene rings is 4. The topological polar surface area (TPSA) is 88.1 Å². The van der Waals surface area contributed by atoms with Crippen molar-refractivity contribution in [2.24, 2.45) is 5.10 Å². The second-order valence-electron chi connectivity index (χ2n) is 9.09. The number of halogens is 1. The van der Waals surface area contributed by atoms with Gasteiger partial charge in [0.2, 0.25) is 5.82 Å². The number of para-hydroxylation sites is 2. The average Bonchev–Trinajstić information content (AvgIpc) is 3.45. The maximum absolute atomic E-state index is 13.7. The smallest absolute Gasteiger partial charge is 0.282 e. The lowest BCUT2D eigenvalue weighted by Gasteiger charge is -2.13. The molecule has 0 saturated carbocycles. The Morgan fingerprint density at radius 1 is 0.902 bits per heavy atom. The fraction of sp³-hybridized carbons (Fsp3) is 0.0938. The zero-order valence-corrected chi connectivity index (χ0v) is 23.8. The lowest BCUT2D eigenvalue weighted by Crippen LogP contribution is -2.20. The molecule has 41 heavy (non-hydrogen) atoms. The highest BCUT2D eigenvalue weighted by Crippen LogP contribution is 2.34. The number of ether oxygens (including phenoxy) is 3. The van der Waals surface area contributed by atoms with Crippen molar-refractivity contribution >= 4 is 44.0 Å². The standard InChI is InChI=1S/C32H24BrN3O5/c1-38-26-10-6-11-27-24(26)17-29(41-27)31-35-25-9-4-3-8-23(25)32(37)36(31)34-18-21-7-5-12-28(39-2)30(21)40-19-20-13-15-22(33)16-14-20/h3-18H,19H2,1-2H3. The van der Waals surface area contributed by atoms with Gasteiger partial charge in [-0.1, -0.05) is 52.3 Å². The van der Waals surface area contributed by atoms with Crippen molar-refractivity contribution in [3.05, 3.63) is 117 Å². The zero-order chi connectivity index (χ0) is 28.3.